The molecule has 0 amide bonds. The van der Waals surface area contributed by atoms with Crippen LogP contribution in [0.4, 0.5) is 0 Å². The van der Waals surface area contributed by atoms with E-state index < -0.39 is 10.1 Å². The van der Waals surface area contributed by atoms with Gasteiger partial charge in [0.15, 0.2) is 0 Å². The van der Waals surface area contributed by atoms with Crippen molar-refractivity contribution >= 4 is 22.7 Å². The lowest BCUT2D eigenvalue weighted by Crippen LogP contribution is -1.95. The quantitative estimate of drug-likeness (QED) is 0.299. The zero-order valence-corrected chi connectivity index (χ0v) is 17.8. The Balaban J connectivity index is 0.000000537. The van der Waals surface area contributed by atoms with E-state index in [0.717, 1.165) is 38.3 Å². The van der Waals surface area contributed by atoms with Gasteiger partial charge in [-0.3, -0.25) is 4.55 Å². The van der Waals surface area contributed by atoms with E-state index >= 15 is 0 Å². The first-order valence-electron chi connectivity index (χ1n) is 8.46. The minimum absolute atomic E-state index is 0.187. The largest absolute Gasteiger partial charge is 0.508 e. The molecule has 0 radical (unpaired) electrons. The molecule has 0 aromatic heterocycles. The topological polar surface area (TPSA) is 115 Å². The maximum Gasteiger partial charge on any atom is 0.261 e. The van der Waals surface area contributed by atoms with Gasteiger partial charge in [0.25, 0.3) is 10.1 Å². The van der Waals surface area contributed by atoms with Crippen molar-refractivity contribution in [2.75, 3.05) is 6.26 Å². The second kappa shape index (κ2) is 8.77. The summed E-state index contributed by atoms with van der Waals surface area (Å²) in [5.41, 5.74) is 4.86. The summed E-state index contributed by atoms with van der Waals surface area (Å²) in [5, 5.41) is 29.6. The Hall–Kier alpha value is -2.68. The molecule has 0 saturated heterocycles. The van der Waals surface area contributed by atoms with Crippen LogP contribution in [-0.2, 0) is 10.1 Å². The smallest absolute Gasteiger partial charge is 0.261 e. The van der Waals surface area contributed by atoms with Crippen LogP contribution in [0.5, 0.6) is 17.2 Å². The van der Waals surface area contributed by atoms with E-state index in [1.54, 1.807) is 48.5 Å². The van der Waals surface area contributed by atoms with E-state index in [0.29, 0.717) is 6.26 Å². The lowest BCUT2D eigenvalue weighted by molar-refractivity contribution is 0.467. The van der Waals surface area contributed by atoms with Gasteiger partial charge in [-0.05, 0) is 49.2 Å². The third-order valence-corrected chi connectivity index (χ3v) is 4.69. The van der Waals surface area contributed by atoms with E-state index in [2.05, 4.69) is 0 Å². The fourth-order valence-electron chi connectivity index (χ4n) is 2.96. The van der Waals surface area contributed by atoms with Crippen molar-refractivity contribution in [2.24, 2.45) is 0 Å². The molecule has 0 unspecified atom stereocenters. The summed E-state index contributed by atoms with van der Waals surface area (Å²) < 4.78 is 25.9. The highest BCUT2D eigenvalue weighted by Gasteiger charge is 2.19. The second-order valence-corrected chi connectivity index (χ2v) is 8.44. The van der Waals surface area contributed by atoms with Gasteiger partial charge in [0.2, 0.25) is 0 Å². The molecule has 0 aliphatic rings. The predicted octanol–water partition coefficient (Wildman–Crippen LogP) is 4.55. The van der Waals surface area contributed by atoms with E-state index in [-0.39, 0.29) is 17.2 Å². The minimum Gasteiger partial charge on any atom is -0.508 e. The number of aromatic hydroxyl groups is 3. The summed E-state index contributed by atoms with van der Waals surface area (Å²) >= 11 is 4.74. The van der Waals surface area contributed by atoms with Crippen LogP contribution in [0, 0.1) is 13.8 Å². The van der Waals surface area contributed by atoms with Crippen molar-refractivity contribution < 1.29 is 28.3 Å². The Kier molecular flexibility index (Phi) is 6.84. The molecule has 0 heterocycles. The summed E-state index contributed by atoms with van der Waals surface area (Å²) in [5.74, 6) is 0.596. The first-order chi connectivity index (χ1) is 13.4. The number of phenolic OH excluding ortho intramolecular Hbond substituents is 3. The molecular weight excluding hydrogens is 412 g/mol. The van der Waals surface area contributed by atoms with Crippen molar-refractivity contribution in [3.8, 4) is 39.5 Å². The fraction of sp³-hybridized carbons (Fsp3) is 0.143. The molecule has 0 spiro atoms. The first-order valence-corrected chi connectivity index (χ1v) is 10.8. The van der Waals surface area contributed by atoms with Gasteiger partial charge in [0, 0.05) is 27.1 Å². The molecule has 0 saturated carbocycles. The van der Waals surface area contributed by atoms with Crippen molar-refractivity contribution in [1.29, 1.82) is 0 Å². The van der Waals surface area contributed by atoms with Gasteiger partial charge >= 0.3 is 0 Å². The fourth-order valence-corrected chi connectivity index (χ4v) is 3.55. The molecule has 0 bridgehead atoms. The monoisotopic (exact) mass is 434 g/mol. The van der Waals surface area contributed by atoms with E-state index in [4.69, 9.17) is 17.2 Å². The zero-order valence-electron chi connectivity index (χ0n) is 16.1. The zero-order chi connectivity index (χ0) is 21.9. The first kappa shape index (κ1) is 22.6. The molecule has 3 rings (SSSR count). The standard InChI is InChI=1S/C20H18O3S.CH4O3S/c1-11-17(13-3-7-15(21)8-4-13)20(24)18(12(2)19(11)23)14-5-9-16(22)10-6-14;1-5(2,3)4/h3-10,21-24H,1-2H3;1H3,(H,2,3,4). The van der Waals surface area contributed by atoms with Gasteiger partial charge in [-0.1, -0.05) is 24.3 Å². The average Bonchev–Trinajstić information content (AvgIpc) is 2.62. The SMILES string of the molecule is CS(=O)(=O)O.Cc1c(O)c(C)c(-c2ccc(O)cc2)c(S)c1-c1ccc(O)cc1. The van der Waals surface area contributed by atoms with Crippen molar-refractivity contribution in [3.05, 3.63) is 59.7 Å². The molecule has 4 N–H and O–H groups in total. The van der Waals surface area contributed by atoms with Crippen molar-refractivity contribution in [3.63, 3.8) is 0 Å². The number of rotatable bonds is 2. The maximum absolute atomic E-state index is 10.6. The Morgan fingerprint density at radius 2 is 1.00 bits per heavy atom. The lowest BCUT2D eigenvalue weighted by atomic mass is 9.90. The van der Waals surface area contributed by atoms with Crippen LogP contribution >= 0.6 is 12.6 Å². The number of benzene rings is 3. The Bertz CT molecular complexity index is 1040. The van der Waals surface area contributed by atoms with Crippen LogP contribution in [0.25, 0.3) is 22.3 Å². The number of thiol groups is 1. The van der Waals surface area contributed by atoms with Gasteiger partial charge in [-0.2, -0.15) is 8.42 Å². The molecule has 3 aromatic rings. The van der Waals surface area contributed by atoms with E-state index in [1.165, 1.54) is 0 Å². The third kappa shape index (κ3) is 5.66. The summed E-state index contributed by atoms with van der Waals surface area (Å²) in [6, 6.07) is 13.6. The van der Waals surface area contributed by atoms with E-state index in [9.17, 15) is 23.7 Å². The Morgan fingerprint density at radius 1 is 0.724 bits per heavy atom. The molecule has 0 aliphatic carbocycles. The number of phenols is 3. The van der Waals surface area contributed by atoms with Crippen LogP contribution in [0.1, 0.15) is 11.1 Å². The molecule has 0 atom stereocenters. The van der Waals surface area contributed by atoms with Gasteiger partial charge in [-0.25, -0.2) is 0 Å². The third-order valence-electron chi connectivity index (χ3n) is 4.25. The maximum atomic E-state index is 10.6. The minimum atomic E-state index is -3.67. The van der Waals surface area contributed by atoms with E-state index in [1.807, 2.05) is 13.8 Å². The molecule has 154 valence electrons. The molecule has 6 nitrogen and oxygen atoms in total. The summed E-state index contributed by atoms with van der Waals surface area (Å²) in [6.07, 6.45) is 0.715. The van der Waals surface area contributed by atoms with Crippen LogP contribution in [0.2, 0.25) is 0 Å². The summed E-state index contributed by atoms with van der Waals surface area (Å²) in [6.45, 7) is 3.70. The molecule has 8 heteroatoms. The summed E-state index contributed by atoms with van der Waals surface area (Å²) in [4.78, 5) is 0.749. The average molecular weight is 435 g/mol. The van der Waals surface area contributed by atoms with Gasteiger partial charge < -0.3 is 15.3 Å². The van der Waals surface area contributed by atoms with Crippen molar-refractivity contribution in [1.82, 2.24) is 0 Å². The highest BCUT2D eigenvalue weighted by atomic mass is 32.2. The van der Waals surface area contributed by atoms with Crippen LogP contribution in [0.3, 0.4) is 0 Å². The van der Waals surface area contributed by atoms with Gasteiger partial charge in [-0.15, -0.1) is 12.6 Å². The number of hydrogen-bond acceptors (Lipinski definition) is 6. The number of hydrogen-bond donors (Lipinski definition) is 5. The van der Waals surface area contributed by atoms with Gasteiger partial charge in [0.05, 0.1) is 6.26 Å². The van der Waals surface area contributed by atoms with Crippen LogP contribution in [-0.4, -0.2) is 34.5 Å². The highest BCUT2D eigenvalue weighted by Crippen LogP contribution is 2.45. The second-order valence-electron chi connectivity index (χ2n) is 6.52. The molecule has 29 heavy (non-hydrogen) atoms. The normalized spacial score (nSPS) is 10.9. The summed E-state index contributed by atoms with van der Waals surface area (Å²) in [7, 11) is -3.67. The molecule has 0 fully saturated rings. The van der Waals surface area contributed by atoms with Crippen LogP contribution < -0.4 is 0 Å². The lowest BCUT2D eigenvalue weighted by Gasteiger charge is -2.19. The Morgan fingerprint density at radius 3 is 1.28 bits per heavy atom. The highest BCUT2D eigenvalue weighted by molar-refractivity contribution is 7.85. The predicted molar refractivity (Wildman–Crippen MR) is 117 cm³/mol. The molecule has 0 aliphatic heterocycles. The Labute approximate surface area is 175 Å². The molecular formula is C21H22O6S2. The van der Waals surface area contributed by atoms with Crippen molar-refractivity contribution in [2.45, 2.75) is 18.7 Å². The van der Waals surface area contributed by atoms with Gasteiger partial charge in [0.1, 0.15) is 17.2 Å². The molecule has 3 aromatic carbocycles. The van der Waals surface area contributed by atoms with Crippen LogP contribution in [0.15, 0.2) is 53.4 Å².